The smallest absolute Gasteiger partial charge is 0.195 e. The number of hydrogen-bond donors (Lipinski definition) is 0. The molecular formula is C20H23NO2S2. The van der Waals surface area contributed by atoms with E-state index in [0.717, 1.165) is 40.7 Å². The highest BCUT2D eigenvalue weighted by atomic mass is 32.2. The predicted molar refractivity (Wildman–Crippen MR) is 108 cm³/mol. The number of rotatable bonds is 6. The number of methoxy groups -OCH3 is 1. The average Bonchev–Trinajstić information content (AvgIpc) is 3.07. The van der Waals surface area contributed by atoms with E-state index in [1.54, 1.807) is 13.2 Å². The van der Waals surface area contributed by atoms with Gasteiger partial charge in [-0.1, -0.05) is 12.1 Å². The van der Waals surface area contributed by atoms with Crippen LogP contribution in [0.25, 0.3) is 6.08 Å². The van der Waals surface area contributed by atoms with Crippen molar-refractivity contribution in [2.75, 3.05) is 31.7 Å². The van der Waals surface area contributed by atoms with Gasteiger partial charge < -0.3 is 4.74 Å². The van der Waals surface area contributed by atoms with Crippen LogP contribution in [0, 0.1) is 6.92 Å². The summed E-state index contributed by atoms with van der Waals surface area (Å²) in [5.41, 5.74) is 2.21. The molecule has 25 heavy (non-hydrogen) atoms. The first-order valence-corrected chi connectivity index (χ1v) is 10.4. The number of nitrogens with zero attached hydrogens (tertiary/aromatic N) is 1. The molecule has 1 saturated heterocycles. The molecule has 1 aromatic carbocycles. The maximum Gasteiger partial charge on any atom is 0.195 e. The minimum absolute atomic E-state index is 0.0588. The lowest BCUT2D eigenvalue weighted by Gasteiger charge is -2.26. The molecule has 1 aromatic heterocycles. The Labute approximate surface area is 157 Å². The van der Waals surface area contributed by atoms with Crippen molar-refractivity contribution in [3.63, 3.8) is 0 Å². The summed E-state index contributed by atoms with van der Waals surface area (Å²) < 4.78 is 5.52. The molecule has 0 radical (unpaired) electrons. The van der Waals surface area contributed by atoms with Gasteiger partial charge in [-0.3, -0.25) is 9.69 Å². The normalized spacial score (nSPS) is 15.6. The third kappa shape index (κ3) is 4.97. The first kappa shape index (κ1) is 18.2. The zero-order chi connectivity index (χ0) is 17.6. The molecule has 0 atom stereocenters. The first-order chi connectivity index (χ1) is 12.2. The van der Waals surface area contributed by atoms with Crippen LogP contribution in [-0.2, 0) is 6.54 Å². The topological polar surface area (TPSA) is 29.5 Å². The number of aryl methyl sites for hydroxylation is 1. The SMILES string of the molecule is COc1ccc(/C=C/C(=O)c2ccc(C)s2)cc1CN1CCSCC1. The van der Waals surface area contributed by atoms with Crippen molar-refractivity contribution < 1.29 is 9.53 Å². The molecule has 2 aromatic rings. The largest absolute Gasteiger partial charge is 0.496 e. The molecule has 0 N–H and O–H groups in total. The Morgan fingerprint density at radius 2 is 2.04 bits per heavy atom. The van der Waals surface area contributed by atoms with Crippen molar-refractivity contribution >= 4 is 35.0 Å². The van der Waals surface area contributed by atoms with Crippen molar-refractivity contribution in [1.82, 2.24) is 4.90 Å². The minimum atomic E-state index is 0.0588. The molecule has 1 aliphatic rings. The molecule has 0 saturated carbocycles. The highest BCUT2D eigenvalue weighted by Gasteiger charge is 2.13. The van der Waals surface area contributed by atoms with Crippen molar-refractivity contribution in [3.05, 3.63) is 57.3 Å². The van der Waals surface area contributed by atoms with Gasteiger partial charge in [0.25, 0.3) is 0 Å². The van der Waals surface area contributed by atoms with Crippen molar-refractivity contribution in [2.45, 2.75) is 13.5 Å². The number of thioether (sulfide) groups is 1. The van der Waals surface area contributed by atoms with E-state index >= 15 is 0 Å². The Kier molecular flexibility index (Phi) is 6.34. The van der Waals surface area contributed by atoms with Crippen LogP contribution < -0.4 is 4.74 Å². The van der Waals surface area contributed by atoms with Gasteiger partial charge in [-0.25, -0.2) is 0 Å². The maximum absolute atomic E-state index is 12.2. The Bertz CT molecular complexity index is 761. The lowest BCUT2D eigenvalue weighted by Crippen LogP contribution is -2.32. The molecule has 3 nitrogen and oxygen atoms in total. The molecule has 0 spiro atoms. The molecule has 1 aliphatic heterocycles. The van der Waals surface area contributed by atoms with E-state index in [1.807, 2.05) is 49.0 Å². The van der Waals surface area contributed by atoms with Crippen LogP contribution in [0.15, 0.2) is 36.4 Å². The van der Waals surface area contributed by atoms with E-state index in [2.05, 4.69) is 11.0 Å². The third-order valence-electron chi connectivity index (χ3n) is 4.21. The molecule has 3 rings (SSSR count). The van der Waals surface area contributed by atoms with E-state index in [-0.39, 0.29) is 5.78 Å². The van der Waals surface area contributed by atoms with Gasteiger partial charge in [-0.05, 0) is 42.8 Å². The molecule has 132 valence electrons. The molecule has 0 bridgehead atoms. The molecule has 0 aliphatic carbocycles. The van der Waals surface area contributed by atoms with Crippen molar-refractivity contribution in [2.24, 2.45) is 0 Å². The summed E-state index contributed by atoms with van der Waals surface area (Å²) in [6.07, 6.45) is 3.56. The van der Waals surface area contributed by atoms with Crippen LogP contribution in [0.1, 0.15) is 25.7 Å². The van der Waals surface area contributed by atoms with Crippen LogP contribution in [0.5, 0.6) is 5.75 Å². The fourth-order valence-electron chi connectivity index (χ4n) is 2.85. The highest BCUT2D eigenvalue weighted by Crippen LogP contribution is 2.24. The van der Waals surface area contributed by atoms with Crippen LogP contribution >= 0.6 is 23.1 Å². The zero-order valence-corrected chi connectivity index (χ0v) is 16.3. The molecular weight excluding hydrogens is 350 g/mol. The number of ether oxygens (including phenoxy) is 1. The molecule has 5 heteroatoms. The standard InChI is InChI=1S/C20H23NO2S2/c1-15-3-8-20(25-15)18(22)6-4-16-5-7-19(23-2)17(13-16)14-21-9-11-24-12-10-21/h3-8,13H,9-12,14H2,1-2H3/b6-4+. The Hall–Kier alpha value is -1.56. The summed E-state index contributed by atoms with van der Waals surface area (Å²) in [6, 6.07) is 9.99. The van der Waals surface area contributed by atoms with Gasteiger partial charge in [-0.15, -0.1) is 11.3 Å². The second-order valence-corrected chi connectivity index (χ2v) is 8.58. The summed E-state index contributed by atoms with van der Waals surface area (Å²) in [4.78, 5) is 16.6. The van der Waals surface area contributed by atoms with E-state index in [4.69, 9.17) is 4.74 Å². The van der Waals surface area contributed by atoms with Gasteiger partial charge in [0.2, 0.25) is 0 Å². The second kappa shape index (κ2) is 8.70. The summed E-state index contributed by atoms with van der Waals surface area (Å²) in [5, 5.41) is 0. The fraction of sp³-hybridized carbons (Fsp3) is 0.350. The average molecular weight is 374 g/mol. The number of allylic oxidation sites excluding steroid dienone is 1. The number of ketones is 1. The van der Waals surface area contributed by atoms with Gasteiger partial charge in [0.05, 0.1) is 12.0 Å². The first-order valence-electron chi connectivity index (χ1n) is 8.41. The number of hydrogen-bond acceptors (Lipinski definition) is 5. The number of carbonyl (C=O) groups is 1. The van der Waals surface area contributed by atoms with Crippen LogP contribution in [-0.4, -0.2) is 42.4 Å². The number of thiophene rings is 1. The second-order valence-electron chi connectivity index (χ2n) is 6.07. The van der Waals surface area contributed by atoms with Gasteiger partial charge in [0.1, 0.15) is 5.75 Å². The van der Waals surface area contributed by atoms with Gasteiger partial charge in [0, 0.05) is 41.6 Å². The van der Waals surface area contributed by atoms with E-state index in [0.29, 0.717) is 0 Å². The Morgan fingerprint density at radius 3 is 2.72 bits per heavy atom. The quantitative estimate of drug-likeness (QED) is 0.550. The lowest BCUT2D eigenvalue weighted by atomic mass is 10.1. The third-order valence-corrected chi connectivity index (χ3v) is 6.17. The minimum Gasteiger partial charge on any atom is -0.496 e. The van der Waals surface area contributed by atoms with Crippen molar-refractivity contribution in [3.8, 4) is 5.75 Å². The van der Waals surface area contributed by atoms with Crippen LogP contribution in [0.3, 0.4) is 0 Å². The fourth-order valence-corrected chi connectivity index (χ4v) is 4.61. The summed E-state index contributed by atoms with van der Waals surface area (Å²) in [7, 11) is 1.71. The molecule has 0 amide bonds. The number of carbonyl (C=O) groups excluding carboxylic acids is 1. The van der Waals surface area contributed by atoms with Gasteiger partial charge in [0.15, 0.2) is 5.78 Å². The van der Waals surface area contributed by atoms with Crippen molar-refractivity contribution in [1.29, 1.82) is 0 Å². The van der Waals surface area contributed by atoms with Crippen LogP contribution in [0.4, 0.5) is 0 Å². The highest BCUT2D eigenvalue weighted by molar-refractivity contribution is 7.99. The molecule has 2 heterocycles. The lowest BCUT2D eigenvalue weighted by molar-refractivity contribution is 0.105. The molecule has 1 fully saturated rings. The van der Waals surface area contributed by atoms with E-state index in [9.17, 15) is 4.79 Å². The Balaban J connectivity index is 1.74. The monoisotopic (exact) mass is 373 g/mol. The van der Waals surface area contributed by atoms with E-state index < -0.39 is 0 Å². The number of benzene rings is 1. The van der Waals surface area contributed by atoms with E-state index in [1.165, 1.54) is 28.4 Å². The summed E-state index contributed by atoms with van der Waals surface area (Å²) in [5.74, 6) is 3.35. The van der Waals surface area contributed by atoms with Gasteiger partial charge in [-0.2, -0.15) is 11.8 Å². The maximum atomic E-state index is 12.2. The molecule has 0 unspecified atom stereocenters. The summed E-state index contributed by atoms with van der Waals surface area (Å²) in [6.45, 7) is 5.14. The predicted octanol–water partition coefficient (Wildman–Crippen LogP) is 4.51. The zero-order valence-electron chi connectivity index (χ0n) is 14.7. The van der Waals surface area contributed by atoms with Gasteiger partial charge >= 0.3 is 0 Å². The Morgan fingerprint density at radius 1 is 1.24 bits per heavy atom. The summed E-state index contributed by atoms with van der Waals surface area (Å²) >= 11 is 3.55. The van der Waals surface area contributed by atoms with Crippen LogP contribution in [0.2, 0.25) is 0 Å².